The van der Waals surface area contributed by atoms with Gasteiger partial charge in [0.05, 0.1) is 7.11 Å². The van der Waals surface area contributed by atoms with Crippen LogP contribution in [0.2, 0.25) is 0 Å². The third-order valence-electron chi connectivity index (χ3n) is 4.76. The lowest BCUT2D eigenvalue weighted by molar-refractivity contribution is -0.132. The number of carboxylic acid groups (broad SMARTS) is 1. The van der Waals surface area contributed by atoms with Crippen molar-refractivity contribution in [3.05, 3.63) is 70.4 Å². The number of aliphatic carboxylic acids is 1. The fourth-order valence-corrected chi connectivity index (χ4v) is 3.17. The van der Waals surface area contributed by atoms with Crippen molar-refractivity contribution in [3.63, 3.8) is 0 Å². The molecule has 0 aliphatic carbocycles. The van der Waals surface area contributed by atoms with E-state index < -0.39 is 11.9 Å². The molecule has 30 heavy (non-hydrogen) atoms. The van der Waals surface area contributed by atoms with Crippen LogP contribution in [0.25, 0.3) is 6.08 Å². The van der Waals surface area contributed by atoms with Crippen molar-refractivity contribution in [2.24, 2.45) is 0 Å². The molecule has 0 radical (unpaired) electrons. The number of hydrogen-bond acceptors (Lipinski definition) is 3. The topological polar surface area (TPSA) is 75.6 Å². The SMILES string of the molecule is COc1c(C(C)(C)C)cc(C=C(NC(=O)c2ccccc2)C(=O)O)cc1C(C)(C)C. The second-order valence-corrected chi connectivity index (χ2v) is 9.33. The lowest BCUT2D eigenvalue weighted by Crippen LogP contribution is -2.27. The summed E-state index contributed by atoms with van der Waals surface area (Å²) < 4.78 is 5.75. The van der Waals surface area contributed by atoms with Gasteiger partial charge < -0.3 is 15.2 Å². The Morgan fingerprint density at radius 1 is 0.933 bits per heavy atom. The maximum atomic E-state index is 12.5. The number of methoxy groups -OCH3 is 1. The molecule has 0 fully saturated rings. The number of hydrogen-bond donors (Lipinski definition) is 2. The monoisotopic (exact) mass is 409 g/mol. The molecular weight excluding hydrogens is 378 g/mol. The maximum absolute atomic E-state index is 12.5. The average Bonchev–Trinajstić information content (AvgIpc) is 2.65. The number of ether oxygens (including phenoxy) is 1. The molecule has 2 aromatic rings. The van der Waals surface area contributed by atoms with Crippen LogP contribution in [0.1, 0.15) is 68.6 Å². The molecule has 0 unspecified atom stereocenters. The van der Waals surface area contributed by atoms with Crippen LogP contribution in [0.4, 0.5) is 0 Å². The van der Waals surface area contributed by atoms with Crippen LogP contribution >= 0.6 is 0 Å². The van der Waals surface area contributed by atoms with Crippen molar-refractivity contribution in [1.82, 2.24) is 5.32 Å². The van der Waals surface area contributed by atoms with Crippen LogP contribution in [0.3, 0.4) is 0 Å². The fourth-order valence-electron chi connectivity index (χ4n) is 3.17. The standard InChI is InChI=1S/C25H31NO4/c1-24(2,3)18-13-16(14-19(21(18)30-7)25(4,5)6)15-20(23(28)29)26-22(27)17-11-9-8-10-12-17/h8-15H,1-7H3,(H,26,27)(H,28,29). The minimum absolute atomic E-state index is 0.186. The van der Waals surface area contributed by atoms with E-state index in [-0.39, 0.29) is 16.5 Å². The molecule has 0 aliphatic rings. The molecule has 1 amide bonds. The van der Waals surface area contributed by atoms with Gasteiger partial charge in [0.1, 0.15) is 11.4 Å². The number of carbonyl (C=O) groups is 2. The Bertz CT molecular complexity index is 926. The number of nitrogens with one attached hydrogen (secondary N) is 1. The van der Waals surface area contributed by atoms with E-state index in [9.17, 15) is 14.7 Å². The highest BCUT2D eigenvalue weighted by Crippen LogP contribution is 2.40. The molecule has 0 heterocycles. The number of amides is 1. The molecule has 5 heteroatoms. The minimum atomic E-state index is -1.20. The molecule has 0 bridgehead atoms. The third-order valence-corrected chi connectivity index (χ3v) is 4.76. The quantitative estimate of drug-likeness (QED) is 0.670. The van der Waals surface area contributed by atoms with Gasteiger partial charge in [-0.1, -0.05) is 59.7 Å². The molecule has 160 valence electrons. The van der Waals surface area contributed by atoms with E-state index >= 15 is 0 Å². The zero-order chi connectivity index (χ0) is 22.7. The van der Waals surface area contributed by atoms with Crippen molar-refractivity contribution >= 4 is 18.0 Å². The first-order valence-corrected chi connectivity index (χ1v) is 9.89. The molecule has 0 aliphatic heterocycles. The van der Waals surface area contributed by atoms with Crippen LogP contribution in [0.15, 0.2) is 48.2 Å². The lowest BCUT2D eigenvalue weighted by Gasteiger charge is -2.29. The number of benzene rings is 2. The lowest BCUT2D eigenvalue weighted by atomic mass is 9.78. The van der Waals surface area contributed by atoms with Crippen molar-refractivity contribution in [2.45, 2.75) is 52.4 Å². The van der Waals surface area contributed by atoms with Crippen molar-refractivity contribution < 1.29 is 19.4 Å². The van der Waals surface area contributed by atoms with Crippen molar-refractivity contribution in [3.8, 4) is 5.75 Å². The van der Waals surface area contributed by atoms with Crippen LogP contribution in [0.5, 0.6) is 5.75 Å². The van der Waals surface area contributed by atoms with Gasteiger partial charge in [-0.3, -0.25) is 4.79 Å². The highest BCUT2D eigenvalue weighted by atomic mass is 16.5. The van der Waals surface area contributed by atoms with Gasteiger partial charge in [-0.25, -0.2) is 4.79 Å². The van der Waals surface area contributed by atoms with Gasteiger partial charge in [0.15, 0.2) is 0 Å². The largest absolute Gasteiger partial charge is 0.496 e. The van der Waals surface area contributed by atoms with E-state index in [0.717, 1.165) is 16.9 Å². The van der Waals surface area contributed by atoms with Gasteiger partial charge >= 0.3 is 5.97 Å². The molecular formula is C25H31NO4. The zero-order valence-electron chi connectivity index (χ0n) is 18.8. The first-order valence-electron chi connectivity index (χ1n) is 9.89. The Kier molecular flexibility index (Phi) is 6.76. The number of rotatable bonds is 5. The number of carboxylic acids is 1. The molecule has 2 N–H and O–H groups in total. The normalized spacial score (nSPS) is 12.4. The zero-order valence-corrected chi connectivity index (χ0v) is 18.8. The predicted molar refractivity (Wildman–Crippen MR) is 120 cm³/mol. The molecule has 0 spiro atoms. The van der Waals surface area contributed by atoms with E-state index in [1.54, 1.807) is 37.4 Å². The predicted octanol–water partition coefficient (Wildman–Crippen LogP) is 5.15. The third kappa shape index (κ3) is 5.50. The molecule has 0 saturated carbocycles. The van der Waals surface area contributed by atoms with Crippen LogP contribution in [-0.4, -0.2) is 24.1 Å². The first-order chi connectivity index (χ1) is 13.8. The molecule has 5 nitrogen and oxygen atoms in total. The van der Waals surface area contributed by atoms with Gasteiger partial charge in [0.2, 0.25) is 0 Å². The summed E-state index contributed by atoms with van der Waals surface area (Å²) in [5, 5.41) is 12.2. The summed E-state index contributed by atoms with van der Waals surface area (Å²) in [5.74, 6) is -0.869. The van der Waals surface area contributed by atoms with Crippen LogP contribution in [-0.2, 0) is 15.6 Å². The van der Waals surface area contributed by atoms with Crippen LogP contribution < -0.4 is 10.1 Å². The Balaban J connectivity index is 2.60. The van der Waals surface area contributed by atoms with E-state index in [1.165, 1.54) is 6.08 Å². The first kappa shape index (κ1) is 23.2. The second kappa shape index (κ2) is 8.74. The van der Waals surface area contributed by atoms with Crippen LogP contribution in [0, 0.1) is 0 Å². The summed E-state index contributed by atoms with van der Waals surface area (Å²) in [6.07, 6.45) is 1.49. The highest BCUT2D eigenvalue weighted by Gasteiger charge is 2.27. The molecule has 2 aromatic carbocycles. The van der Waals surface area contributed by atoms with Gasteiger partial charge in [-0.2, -0.15) is 0 Å². The van der Waals surface area contributed by atoms with Crippen molar-refractivity contribution in [1.29, 1.82) is 0 Å². The Labute approximate surface area is 178 Å². The molecule has 0 atom stereocenters. The Morgan fingerprint density at radius 3 is 1.83 bits per heavy atom. The van der Waals surface area contributed by atoms with Crippen molar-refractivity contribution in [2.75, 3.05) is 7.11 Å². The minimum Gasteiger partial charge on any atom is -0.496 e. The molecule has 2 rings (SSSR count). The Morgan fingerprint density at radius 2 is 1.43 bits per heavy atom. The van der Waals surface area contributed by atoms with Gasteiger partial charge in [0.25, 0.3) is 5.91 Å². The van der Waals surface area contributed by atoms with E-state index in [1.807, 2.05) is 12.1 Å². The number of carbonyl (C=O) groups excluding carboxylic acids is 1. The summed E-state index contributed by atoms with van der Waals surface area (Å²) in [6.45, 7) is 12.5. The molecule has 0 saturated heterocycles. The smallest absolute Gasteiger partial charge is 0.352 e. The highest BCUT2D eigenvalue weighted by molar-refractivity contribution is 6.02. The van der Waals surface area contributed by atoms with E-state index in [0.29, 0.717) is 11.1 Å². The maximum Gasteiger partial charge on any atom is 0.352 e. The molecule has 0 aromatic heterocycles. The fraction of sp³-hybridized carbons (Fsp3) is 0.360. The van der Waals surface area contributed by atoms with E-state index in [2.05, 4.69) is 46.9 Å². The van der Waals surface area contributed by atoms with Gasteiger partial charge in [-0.15, -0.1) is 0 Å². The summed E-state index contributed by atoms with van der Waals surface area (Å²) in [5.41, 5.74) is 2.42. The Hall–Kier alpha value is -3.08. The summed E-state index contributed by atoms with van der Waals surface area (Å²) in [4.78, 5) is 24.3. The van der Waals surface area contributed by atoms with Gasteiger partial charge in [0, 0.05) is 16.7 Å². The average molecular weight is 410 g/mol. The summed E-state index contributed by atoms with van der Waals surface area (Å²) >= 11 is 0. The van der Waals surface area contributed by atoms with Gasteiger partial charge in [-0.05, 0) is 46.7 Å². The van der Waals surface area contributed by atoms with E-state index in [4.69, 9.17) is 4.74 Å². The summed E-state index contributed by atoms with van der Waals surface area (Å²) in [7, 11) is 1.65. The second-order valence-electron chi connectivity index (χ2n) is 9.33. The summed E-state index contributed by atoms with van der Waals surface area (Å²) in [6, 6.07) is 12.4.